The number of anilines is 1. The Morgan fingerprint density at radius 3 is 2.65 bits per heavy atom. The topological polar surface area (TPSA) is 83.7 Å². The van der Waals surface area contributed by atoms with Crippen LogP contribution in [0.2, 0.25) is 0 Å². The fraction of sp³-hybridized carbons (Fsp3) is 0.364. The largest absolute Gasteiger partial charge is 0.395 e. The van der Waals surface area contributed by atoms with E-state index in [2.05, 4.69) is 0 Å². The highest BCUT2D eigenvalue weighted by atomic mass is 16.6. The van der Waals surface area contributed by atoms with E-state index < -0.39 is 4.92 Å². The summed E-state index contributed by atoms with van der Waals surface area (Å²) in [6.45, 7) is 1.55. The highest BCUT2D eigenvalue weighted by molar-refractivity contribution is 5.95. The van der Waals surface area contributed by atoms with Crippen molar-refractivity contribution in [2.75, 3.05) is 25.1 Å². The summed E-state index contributed by atoms with van der Waals surface area (Å²) in [5.74, 6) is -0.218. The summed E-state index contributed by atoms with van der Waals surface area (Å²) in [5, 5.41) is 19.7. The lowest BCUT2D eigenvalue weighted by molar-refractivity contribution is -0.384. The summed E-state index contributed by atoms with van der Waals surface area (Å²) < 4.78 is 0. The number of rotatable bonds is 5. The van der Waals surface area contributed by atoms with Gasteiger partial charge in [-0.3, -0.25) is 14.9 Å². The average Bonchev–Trinajstić information content (AvgIpc) is 2.28. The van der Waals surface area contributed by atoms with Crippen LogP contribution in [-0.4, -0.2) is 36.0 Å². The van der Waals surface area contributed by atoms with Crippen molar-refractivity contribution in [1.29, 1.82) is 0 Å². The van der Waals surface area contributed by atoms with E-state index in [1.54, 1.807) is 18.0 Å². The third-order valence-electron chi connectivity index (χ3n) is 2.43. The average molecular weight is 238 g/mol. The Bertz CT molecular complexity index is 445. The van der Waals surface area contributed by atoms with Crippen molar-refractivity contribution < 1.29 is 14.8 Å². The molecule has 0 atom stereocenters. The second-order valence-electron chi connectivity index (χ2n) is 3.66. The Hall–Kier alpha value is -1.95. The molecule has 0 saturated heterocycles. The van der Waals surface area contributed by atoms with Gasteiger partial charge < -0.3 is 10.0 Å². The second kappa shape index (κ2) is 5.40. The van der Waals surface area contributed by atoms with Gasteiger partial charge in [0.15, 0.2) is 5.78 Å². The van der Waals surface area contributed by atoms with E-state index in [0.717, 1.165) is 0 Å². The molecule has 0 unspecified atom stereocenters. The Balaban J connectivity index is 3.22. The summed E-state index contributed by atoms with van der Waals surface area (Å²) in [6.07, 6.45) is 0. The molecule has 6 heteroatoms. The third-order valence-corrected chi connectivity index (χ3v) is 2.43. The van der Waals surface area contributed by atoms with Crippen molar-refractivity contribution in [3.63, 3.8) is 0 Å². The van der Waals surface area contributed by atoms with Gasteiger partial charge in [-0.15, -0.1) is 0 Å². The number of aliphatic hydroxyl groups is 1. The molecule has 0 aromatic heterocycles. The van der Waals surface area contributed by atoms with Crippen molar-refractivity contribution >= 4 is 17.2 Å². The standard InChI is InChI=1S/C11H14N2O4/c1-8(15)9-3-4-10(12(2)5-6-14)11(7-9)13(16)17/h3-4,7,14H,5-6H2,1-2H3. The molecule has 1 aromatic rings. The van der Waals surface area contributed by atoms with Gasteiger partial charge in [-0.05, 0) is 19.1 Å². The molecule has 0 aliphatic carbocycles. The normalized spacial score (nSPS) is 10.1. The Kier molecular flexibility index (Phi) is 4.17. The van der Waals surface area contributed by atoms with Gasteiger partial charge in [0, 0.05) is 25.2 Å². The maximum Gasteiger partial charge on any atom is 0.293 e. The van der Waals surface area contributed by atoms with Crippen LogP contribution in [0, 0.1) is 10.1 Å². The maximum atomic E-state index is 11.2. The monoisotopic (exact) mass is 238 g/mol. The van der Waals surface area contributed by atoms with Crippen molar-refractivity contribution in [3.8, 4) is 0 Å². The number of hydrogen-bond donors (Lipinski definition) is 1. The molecule has 0 heterocycles. The zero-order valence-corrected chi connectivity index (χ0v) is 9.71. The zero-order chi connectivity index (χ0) is 13.0. The third kappa shape index (κ3) is 3.01. The van der Waals surface area contributed by atoms with E-state index in [1.165, 1.54) is 19.1 Å². The molecule has 0 saturated carbocycles. The molecule has 1 rings (SSSR count). The molecule has 0 radical (unpaired) electrons. The van der Waals surface area contributed by atoms with Gasteiger partial charge in [-0.2, -0.15) is 0 Å². The molecule has 0 spiro atoms. The van der Waals surface area contributed by atoms with E-state index in [0.29, 0.717) is 17.8 Å². The van der Waals surface area contributed by atoms with Crippen molar-refractivity contribution in [2.45, 2.75) is 6.92 Å². The Labute approximate surface area is 98.6 Å². The number of carbonyl (C=O) groups is 1. The van der Waals surface area contributed by atoms with Crippen LogP contribution in [0.1, 0.15) is 17.3 Å². The molecular formula is C11H14N2O4. The number of aliphatic hydroxyl groups excluding tert-OH is 1. The van der Waals surface area contributed by atoms with Crippen LogP contribution in [0.15, 0.2) is 18.2 Å². The van der Waals surface area contributed by atoms with E-state index in [4.69, 9.17) is 5.11 Å². The van der Waals surface area contributed by atoms with Gasteiger partial charge in [-0.1, -0.05) is 0 Å². The Morgan fingerprint density at radius 2 is 2.18 bits per heavy atom. The summed E-state index contributed by atoms with van der Waals surface area (Å²) >= 11 is 0. The fourth-order valence-electron chi connectivity index (χ4n) is 1.48. The first-order valence-corrected chi connectivity index (χ1v) is 5.08. The molecule has 1 aromatic carbocycles. The van der Waals surface area contributed by atoms with Gasteiger partial charge in [-0.25, -0.2) is 0 Å². The van der Waals surface area contributed by atoms with Gasteiger partial charge in [0.25, 0.3) is 5.69 Å². The number of benzene rings is 1. The molecule has 0 amide bonds. The number of likely N-dealkylation sites (N-methyl/N-ethyl adjacent to an activating group) is 1. The molecule has 92 valence electrons. The number of nitrogens with zero attached hydrogens (tertiary/aromatic N) is 2. The Morgan fingerprint density at radius 1 is 1.53 bits per heavy atom. The minimum atomic E-state index is -0.532. The van der Waals surface area contributed by atoms with E-state index >= 15 is 0 Å². The van der Waals surface area contributed by atoms with E-state index in [9.17, 15) is 14.9 Å². The van der Waals surface area contributed by atoms with Gasteiger partial charge in [0.05, 0.1) is 11.5 Å². The van der Waals surface area contributed by atoms with Crippen LogP contribution < -0.4 is 4.90 Å². The van der Waals surface area contributed by atoms with Crippen molar-refractivity contribution in [2.24, 2.45) is 0 Å². The lowest BCUT2D eigenvalue weighted by atomic mass is 10.1. The van der Waals surface area contributed by atoms with Crippen LogP contribution in [0.25, 0.3) is 0 Å². The number of nitro groups is 1. The quantitative estimate of drug-likeness (QED) is 0.473. The van der Waals surface area contributed by atoms with Crippen LogP contribution in [0.3, 0.4) is 0 Å². The van der Waals surface area contributed by atoms with Crippen LogP contribution in [-0.2, 0) is 0 Å². The molecule has 6 nitrogen and oxygen atoms in total. The number of Topliss-reactive ketones (excluding diaryl/α,β-unsaturated/α-hetero) is 1. The highest BCUT2D eigenvalue weighted by Gasteiger charge is 2.18. The van der Waals surface area contributed by atoms with E-state index in [-0.39, 0.29) is 18.1 Å². The lowest BCUT2D eigenvalue weighted by Crippen LogP contribution is -2.22. The predicted molar refractivity (Wildman–Crippen MR) is 63.5 cm³/mol. The van der Waals surface area contributed by atoms with Crippen LogP contribution >= 0.6 is 0 Å². The summed E-state index contributed by atoms with van der Waals surface area (Å²) in [4.78, 5) is 23.1. The molecule has 0 bridgehead atoms. The molecule has 0 aliphatic rings. The summed E-state index contributed by atoms with van der Waals surface area (Å²) in [7, 11) is 1.64. The second-order valence-corrected chi connectivity index (χ2v) is 3.66. The van der Waals surface area contributed by atoms with E-state index in [1.807, 2.05) is 0 Å². The van der Waals surface area contributed by atoms with Crippen molar-refractivity contribution in [1.82, 2.24) is 0 Å². The molecule has 0 aliphatic heterocycles. The minimum absolute atomic E-state index is 0.0951. The summed E-state index contributed by atoms with van der Waals surface area (Å²) in [6, 6.07) is 4.31. The number of carbonyl (C=O) groups excluding carboxylic acids is 1. The zero-order valence-electron chi connectivity index (χ0n) is 9.71. The maximum absolute atomic E-state index is 11.2. The molecule has 1 N–H and O–H groups in total. The van der Waals surface area contributed by atoms with Crippen LogP contribution in [0.5, 0.6) is 0 Å². The SMILES string of the molecule is CC(=O)c1ccc(N(C)CCO)c([N+](=O)[O-])c1. The van der Waals surface area contributed by atoms with Gasteiger partial charge in [0.2, 0.25) is 0 Å². The van der Waals surface area contributed by atoms with Gasteiger partial charge in [0.1, 0.15) is 5.69 Å². The molecular weight excluding hydrogens is 224 g/mol. The highest BCUT2D eigenvalue weighted by Crippen LogP contribution is 2.28. The first-order valence-electron chi connectivity index (χ1n) is 5.08. The van der Waals surface area contributed by atoms with Gasteiger partial charge >= 0.3 is 0 Å². The lowest BCUT2D eigenvalue weighted by Gasteiger charge is -2.17. The van der Waals surface area contributed by atoms with Crippen molar-refractivity contribution in [3.05, 3.63) is 33.9 Å². The number of ketones is 1. The number of hydrogen-bond acceptors (Lipinski definition) is 5. The first-order chi connectivity index (χ1) is 7.97. The number of nitro benzene ring substituents is 1. The van der Waals surface area contributed by atoms with Crippen LogP contribution in [0.4, 0.5) is 11.4 Å². The molecule has 17 heavy (non-hydrogen) atoms. The first kappa shape index (κ1) is 13.1. The summed E-state index contributed by atoms with van der Waals surface area (Å²) in [5.41, 5.74) is 0.556. The fourth-order valence-corrected chi connectivity index (χ4v) is 1.48. The smallest absolute Gasteiger partial charge is 0.293 e. The predicted octanol–water partition coefficient (Wildman–Crippen LogP) is 1.23. The minimum Gasteiger partial charge on any atom is -0.395 e. The molecule has 0 fully saturated rings.